The van der Waals surface area contributed by atoms with Gasteiger partial charge in [-0.2, -0.15) is 0 Å². The molecule has 0 aliphatic heterocycles. The van der Waals surface area contributed by atoms with Crippen LogP contribution in [0, 0.1) is 0 Å². The molecule has 0 radical (unpaired) electrons. The smallest absolute Gasteiger partial charge is 0.122 e. The second-order valence-electron chi connectivity index (χ2n) is 2.77. The highest BCUT2D eigenvalue weighted by Crippen LogP contribution is 2.10. The van der Waals surface area contributed by atoms with Crippen LogP contribution in [0.4, 0.5) is 0 Å². The summed E-state index contributed by atoms with van der Waals surface area (Å²) in [6, 6.07) is 3.87. The molecule has 0 saturated carbocycles. The first kappa shape index (κ1) is 9.99. The summed E-state index contributed by atoms with van der Waals surface area (Å²) < 4.78 is 5.37. The first-order valence-electron chi connectivity index (χ1n) is 4.59. The lowest BCUT2D eigenvalue weighted by molar-refractivity contribution is 0.339. The highest BCUT2D eigenvalue weighted by molar-refractivity contribution is 5.22. The third kappa shape index (κ3) is 3.42. The molecule has 0 unspecified atom stereocenters. The van der Waals surface area contributed by atoms with Crippen molar-refractivity contribution in [2.24, 2.45) is 0 Å². The van der Waals surface area contributed by atoms with E-state index in [1.807, 2.05) is 26.1 Å². The molecule has 0 spiro atoms. The van der Waals surface area contributed by atoms with Crippen molar-refractivity contribution in [2.75, 3.05) is 20.2 Å². The van der Waals surface area contributed by atoms with Crippen molar-refractivity contribution in [1.29, 1.82) is 0 Å². The summed E-state index contributed by atoms with van der Waals surface area (Å²) in [4.78, 5) is 4.24. The summed E-state index contributed by atoms with van der Waals surface area (Å²) >= 11 is 0. The fourth-order valence-electron chi connectivity index (χ4n) is 1.10. The summed E-state index contributed by atoms with van der Waals surface area (Å²) in [6.45, 7) is 3.63. The molecule has 1 rings (SSSR count). The molecule has 0 bridgehead atoms. The van der Waals surface area contributed by atoms with Crippen molar-refractivity contribution in [1.82, 2.24) is 10.3 Å². The molecule has 0 saturated heterocycles. The number of ether oxygens (including phenoxy) is 1. The van der Waals surface area contributed by atoms with Crippen LogP contribution in [0.25, 0.3) is 0 Å². The maximum atomic E-state index is 5.37. The fourth-order valence-corrected chi connectivity index (χ4v) is 1.10. The number of pyridine rings is 1. The van der Waals surface area contributed by atoms with Gasteiger partial charge in [-0.05, 0) is 20.0 Å². The summed E-state index contributed by atoms with van der Waals surface area (Å²) in [5.74, 6) is 0.906. The largest absolute Gasteiger partial charge is 0.494 e. The Bertz CT molecular complexity index is 250. The van der Waals surface area contributed by atoms with Crippen LogP contribution < -0.4 is 10.1 Å². The quantitative estimate of drug-likeness (QED) is 0.740. The summed E-state index contributed by atoms with van der Waals surface area (Å²) in [5, 5.41) is 3.09. The topological polar surface area (TPSA) is 34.1 Å². The van der Waals surface area contributed by atoms with Gasteiger partial charge in [0.15, 0.2) is 0 Å². The zero-order valence-corrected chi connectivity index (χ0v) is 8.21. The van der Waals surface area contributed by atoms with Crippen LogP contribution in [-0.4, -0.2) is 25.2 Å². The highest BCUT2D eigenvalue weighted by Gasteiger charge is 1.96. The Morgan fingerprint density at radius 2 is 2.38 bits per heavy atom. The van der Waals surface area contributed by atoms with Crippen LogP contribution in [-0.2, 0) is 6.42 Å². The van der Waals surface area contributed by atoms with Crippen molar-refractivity contribution >= 4 is 0 Å². The van der Waals surface area contributed by atoms with Gasteiger partial charge < -0.3 is 10.1 Å². The average molecular weight is 180 g/mol. The van der Waals surface area contributed by atoms with Gasteiger partial charge in [0.2, 0.25) is 0 Å². The van der Waals surface area contributed by atoms with Crippen molar-refractivity contribution in [3.8, 4) is 5.75 Å². The molecule has 1 N–H and O–H groups in total. The molecule has 0 fully saturated rings. The third-order valence-corrected chi connectivity index (χ3v) is 1.73. The number of aromatic nitrogens is 1. The van der Waals surface area contributed by atoms with Gasteiger partial charge in [0.25, 0.3) is 0 Å². The van der Waals surface area contributed by atoms with Crippen molar-refractivity contribution in [3.63, 3.8) is 0 Å². The predicted octanol–water partition coefficient (Wildman–Crippen LogP) is 1.24. The number of rotatable bonds is 5. The van der Waals surface area contributed by atoms with Crippen LogP contribution in [0.3, 0.4) is 0 Å². The van der Waals surface area contributed by atoms with E-state index in [2.05, 4.69) is 10.3 Å². The van der Waals surface area contributed by atoms with E-state index in [1.165, 1.54) is 0 Å². The molecule has 1 aromatic heterocycles. The highest BCUT2D eigenvalue weighted by atomic mass is 16.5. The Morgan fingerprint density at radius 3 is 3.08 bits per heavy atom. The van der Waals surface area contributed by atoms with Crippen LogP contribution in [0.2, 0.25) is 0 Å². The van der Waals surface area contributed by atoms with E-state index in [1.54, 1.807) is 6.20 Å². The zero-order chi connectivity index (χ0) is 9.52. The molecule has 13 heavy (non-hydrogen) atoms. The van der Waals surface area contributed by atoms with Gasteiger partial charge in [-0.1, -0.05) is 0 Å². The predicted molar refractivity (Wildman–Crippen MR) is 53.0 cm³/mol. The molecule has 0 atom stereocenters. The van der Waals surface area contributed by atoms with Gasteiger partial charge in [-0.15, -0.1) is 0 Å². The van der Waals surface area contributed by atoms with Crippen LogP contribution in [0.1, 0.15) is 12.6 Å². The lowest BCUT2D eigenvalue weighted by Gasteiger charge is -2.04. The van der Waals surface area contributed by atoms with Crippen molar-refractivity contribution < 1.29 is 4.74 Å². The van der Waals surface area contributed by atoms with E-state index in [0.29, 0.717) is 6.61 Å². The standard InChI is InChI=1S/C10H16N2O/c1-3-13-10-5-7-12-9(8-10)4-6-11-2/h5,7-8,11H,3-4,6H2,1-2H3. The Balaban J connectivity index is 2.56. The minimum Gasteiger partial charge on any atom is -0.494 e. The summed E-state index contributed by atoms with van der Waals surface area (Å²) in [7, 11) is 1.94. The van der Waals surface area contributed by atoms with Gasteiger partial charge in [0, 0.05) is 30.9 Å². The van der Waals surface area contributed by atoms with Crippen molar-refractivity contribution in [2.45, 2.75) is 13.3 Å². The number of nitrogens with one attached hydrogen (secondary N) is 1. The molecular weight excluding hydrogens is 164 g/mol. The molecule has 3 heteroatoms. The monoisotopic (exact) mass is 180 g/mol. The van der Waals surface area contributed by atoms with Gasteiger partial charge in [-0.3, -0.25) is 4.98 Å². The van der Waals surface area contributed by atoms with E-state index < -0.39 is 0 Å². The second-order valence-corrected chi connectivity index (χ2v) is 2.77. The van der Waals surface area contributed by atoms with Crippen molar-refractivity contribution in [3.05, 3.63) is 24.0 Å². The molecule has 3 nitrogen and oxygen atoms in total. The van der Waals surface area contributed by atoms with Gasteiger partial charge in [0.05, 0.1) is 6.61 Å². The van der Waals surface area contributed by atoms with Crippen LogP contribution >= 0.6 is 0 Å². The zero-order valence-electron chi connectivity index (χ0n) is 8.21. The Labute approximate surface area is 79.1 Å². The number of hydrogen-bond donors (Lipinski definition) is 1. The molecule has 0 aliphatic carbocycles. The number of hydrogen-bond acceptors (Lipinski definition) is 3. The summed E-state index contributed by atoms with van der Waals surface area (Å²) in [5.41, 5.74) is 1.07. The fraction of sp³-hybridized carbons (Fsp3) is 0.500. The van der Waals surface area contributed by atoms with E-state index in [4.69, 9.17) is 4.74 Å². The van der Waals surface area contributed by atoms with E-state index in [9.17, 15) is 0 Å². The first-order chi connectivity index (χ1) is 6.36. The molecule has 1 aromatic rings. The lowest BCUT2D eigenvalue weighted by atomic mass is 10.2. The first-order valence-corrected chi connectivity index (χ1v) is 4.59. The molecule has 1 heterocycles. The molecule has 0 aliphatic rings. The average Bonchev–Trinajstić information content (AvgIpc) is 2.16. The molecule has 72 valence electrons. The summed E-state index contributed by atoms with van der Waals surface area (Å²) in [6.07, 6.45) is 2.73. The number of likely N-dealkylation sites (N-methyl/N-ethyl adjacent to an activating group) is 1. The van der Waals surface area contributed by atoms with E-state index in [0.717, 1.165) is 24.4 Å². The Hall–Kier alpha value is -1.09. The van der Waals surface area contributed by atoms with Gasteiger partial charge >= 0.3 is 0 Å². The number of nitrogens with zero attached hydrogens (tertiary/aromatic N) is 1. The normalized spacial score (nSPS) is 10.0. The lowest BCUT2D eigenvalue weighted by Crippen LogP contribution is -2.11. The Morgan fingerprint density at radius 1 is 1.54 bits per heavy atom. The maximum absolute atomic E-state index is 5.37. The SMILES string of the molecule is CCOc1ccnc(CCNC)c1. The van der Waals surface area contributed by atoms with Crippen LogP contribution in [0.5, 0.6) is 5.75 Å². The minimum atomic E-state index is 0.704. The van der Waals surface area contributed by atoms with Gasteiger partial charge in [0.1, 0.15) is 5.75 Å². The van der Waals surface area contributed by atoms with Gasteiger partial charge in [-0.25, -0.2) is 0 Å². The maximum Gasteiger partial charge on any atom is 0.122 e. The van der Waals surface area contributed by atoms with Crippen LogP contribution in [0.15, 0.2) is 18.3 Å². The molecular formula is C10H16N2O. The third-order valence-electron chi connectivity index (χ3n) is 1.73. The second kappa shape index (κ2) is 5.54. The molecule has 0 aromatic carbocycles. The van der Waals surface area contributed by atoms with E-state index in [-0.39, 0.29) is 0 Å². The van der Waals surface area contributed by atoms with E-state index >= 15 is 0 Å². The Kier molecular flexibility index (Phi) is 4.26. The molecule has 0 amide bonds. The minimum absolute atomic E-state index is 0.704.